The maximum atomic E-state index is 13.6. The number of nitrogens with one attached hydrogen (secondary N) is 1. The number of benzene rings is 2. The number of nitrogens with zero attached hydrogens (tertiary/aromatic N) is 4. The van der Waals surface area contributed by atoms with Gasteiger partial charge in [0.1, 0.15) is 5.82 Å². The van der Waals surface area contributed by atoms with Crippen molar-refractivity contribution in [1.82, 2.24) is 19.7 Å². The molecule has 3 aromatic rings. The molecule has 2 aromatic carbocycles. The molecule has 0 radical (unpaired) electrons. The summed E-state index contributed by atoms with van der Waals surface area (Å²) in [6.07, 6.45) is 3.61. The van der Waals surface area contributed by atoms with Gasteiger partial charge in [-0.25, -0.2) is 4.39 Å². The Morgan fingerprint density at radius 1 is 1.09 bits per heavy atom. The van der Waals surface area contributed by atoms with Gasteiger partial charge in [-0.1, -0.05) is 36.4 Å². The Morgan fingerprint density at radius 2 is 1.81 bits per heavy atom. The lowest BCUT2D eigenvalue weighted by molar-refractivity contribution is -0.113. The normalized spacial score (nSPS) is 15.5. The summed E-state index contributed by atoms with van der Waals surface area (Å²) in [6.45, 7) is 6.15. The van der Waals surface area contributed by atoms with Crippen molar-refractivity contribution in [2.24, 2.45) is 0 Å². The van der Waals surface area contributed by atoms with E-state index in [-0.39, 0.29) is 23.5 Å². The highest BCUT2D eigenvalue weighted by molar-refractivity contribution is 7.99. The van der Waals surface area contributed by atoms with Crippen molar-refractivity contribution in [3.8, 4) is 5.69 Å². The van der Waals surface area contributed by atoms with E-state index in [4.69, 9.17) is 0 Å². The number of piperidine rings is 1. The van der Waals surface area contributed by atoms with Gasteiger partial charge in [0.25, 0.3) is 0 Å². The number of rotatable bonds is 7. The third-order valence-electron chi connectivity index (χ3n) is 5.81. The van der Waals surface area contributed by atoms with Gasteiger partial charge >= 0.3 is 0 Å². The molecule has 0 saturated carbocycles. The van der Waals surface area contributed by atoms with Crippen LogP contribution in [0, 0.1) is 12.7 Å². The fourth-order valence-corrected chi connectivity index (χ4v) is 4.74. The maximum absolute atomic E-state index is 13.6. The summed E-state index contributed by atoms with van der Waals surface area (Å²) in [4.78, 5) is 15.0. The zero-order chi connectivity index (χ0) is 22.5. The summed E-state index contributed by atoms with van der Waals surface area (Å²) in [5.74, 6) is 0.606. The maximum Gasteiger partial charge on any atom is 0.234 e. The topological polar surface area (TPSA) is 63.1 Å². The Hall–Kier alpha value is -2.71. The molecule has 8 heteroatoms. The molecule has 1 aliphatic rings. The fourth-order valence-electron chi connectivity index (χ4n) is 3.98. The first-order valence-corrected chi connectivity index (χ1v) is 11.9. The molecule has 1 saturated heterocycles. The molecular weight excluding hydrogens is 425 g/mol. The molecule has 4 rings (SSSR count). The van der Waals surface area contributed by atoms with E-state index in [1.807, 2.05) is 35.8 Å². The van der Waals surface area contributed by atoms with Crippen LogP contribution in [0.25, 0.3) is 5.69 Å². The molecule has 168 valence electrons. The van der Waals surface area contributed by atoms with E-state index in [1.165, 1.54) is 43.2 Å². The first-order chi connectivity index (χ1) is 15.5. The molecule has 1 fully saturated rings. The highest BCUT2D eigenvalue weighted by atomic mass is 32.2. The number of thioether (sulfide) groups is 1. The van der Waals surface area contributed by atoms with E-state index in [1.54, 1.807) is 12.1 Å². The highest BCUT2D eigenvalue weighted by Crippen LogP contribution is 2.29. The van der Waals surface area contributed by atoms with Crippen molar-refractivity contribution in [3.05, 3.63) is 65.7 Å². The zero-order valence-corrected chi connectivity index (χ0v) is 19.2. The van der Waals surface area contributed by atoms with Crippen molar-refractivity contribution in [3.63, 3.8) is 0 Å². The average molecular weight is 454 g/mol. The van der Waals surface area contributed by atoms with Crippen molar-refractivity contribution in [2.75, 3.05) is 24.2 Å². The summed E-state index contributed by atoms with van der Waals surface area (Å²) in [5, 5.41) is 12.5. The van der Waals surface area contributed by atoms with Crippen molar-refractivity contribution in [1.29, 1.82) is 0 Å². The van der Waals surface area contributed by atoms with Crippen molar-refractivity contribution >= 4 is 23.4 Å². The monoisotopic (exact) mass is 453 g/mol. The molecule has 1 amide bonds. The van der Waals surface area contributed by atoms with Gasteiger partial charge < -0.3 is 5.32 Å². The van der Waals surface area contributed by atoms with Gasteiger partial charge in [-0.05, 0) is 75.7 Å². The molecule has 1 atom stereocenters. The lowest BCUT2D eigenvalue weighted by Crippen LogP contribution is -2.33. The Labute approximate surface area is 192 Å². The number of aryl methyl sites for hydroxylation is 1. The fraction of sp³-hybridized carbons (Fsp3) is 0.375. The summed E-state index contributed by atoms with van der Waals surface area (Å²) >= 11 is 1.33. The molecule has 1 unspecified atom stereocenters. The zero-order valence-electron chi connectivity index (χ0n) is 18.4. The standard InChI is InChI=1S/C24H28FN5OS/c1-17-8-4-5-9-21(17)26-22(31)16-32-24-28-27-23(18(2)29-14-6-3-7-15-29)30(24)20-12-10-19(25)11-13-20/h4-5,8-13,18H,3,6-7,14-16H2,1-2H3,(H,26,31). The Balaban J connectivity index is 1.56. The smallest absolute Gasteiger partial charge is 0.234 e. The van der Waals surface area contributed by atoms with Gasteiger partial charge in [0, 0.05) is 11.4 Å². The second-order valence-corrected chi connectivity index (χ2v) is 9.02. The minimum atomic E-state index is -0.292. The summed E-state index contributed by atoms with van der Waals surface area (Å²) in [6, 6.07) is 14.1. The number of anilines is 1. The van der Waals surface area contributed by atoms with E-state index in [9.17, 15) is 9.18 Å². The third-order valence-corrected chi connectivity index (χ3v) is 6.74. The van der Waals surface area contributed by atoms with E-state index in [0.29, 0.717) is 5.16 Å². The van der Waals surface area contributed by atoms with Crippen LogP contribution in [0.4, 0.5) is 10.1 Å². The van der Waals surface area contributed by atoms with Crippen molar-refractivity contribution < 1.29 is 9.18 Å². The molecule has 1 N–H and O–H groups in total. The predicted molar refractivity (Wildman–Crippen MR) is 126 cm³/mol. The number of amides is 1. The average Bonchev–Trinajstić information content (AvgIpc) is 3.24. The summed E-state index contributed by atoms with van der Waals surface area (Å²) in [7, 11) is 0. The van der Waals surface area contributed by atoms with Crippen LogP contribution in [0.5, 0.6) is 0 Å². The Morgan fingerprint density at radius 3 is 2.53 bits per heavy atom. The first kappa shape index (κ1) is 22.5. The summed E-state index contributed by atoms with van der Waals surface area (Å²) in [5.41, 5.74) is 2.60. The lowest BCUT2D eigenvalue weighted by atomic mass is 10.1. The number of hydrogen-bond acceptors (Lipinski definition) is 5. The number of carbonyl (C=O) groups excluding carboxylic acids is 1. The number of hydrogen-bond donors (Lipinski definition) is 1. The van der Waals surface area contributed by atoms with Crippen LogP contribution < -0.4 is 5.32 Å². The molecule has 2 heterocycles. The minimum Gasteiger partial charge on any atom is -0.325 e. The van der Waals surface area contributed by atoms with E-state index in [2.05, 4.69) is 27.3 Å². The summed E-state index contributed by atoms with van der Waals surface area (Å²) < 4.78 is 15.5. The molecule has 1 aromatic heterocycles. The molecule has 1 aliphatic heterocycles. The van der Waals surface area contributed by atoms with Crippen LogP contribution in [0.15, 0.2) is 53.7 Å². The van der Waals surface area contributed by atoms with Gasteiger partial charge in [0.15, 0.2) is 11.0 Å². The van der Waals surface area contributed by atoms with Gasteiger partial charge in [-0.15, -0.1) is 10.2 Å². The third kappa shape index (κ3) is 5.19. The van der Waals surface area contributed by atoms with Gasteiger partial charge in [0.2, 0.25) is 5.91 Å². The molecule has 6 nitrogen and oxygen atoms in total. The number of aromatic nitrogens is 3. The quantitative estimate of drug-likeness (QED) is 0.511. The second-order valence-electron chi connectivity index (χ2n) is 8.08. The molecule has 0 spiro atoms. The largest absolute Gasteiger partial charge is 0.325 e. The van der Waals surface area contributed by atoms with Gasteiger partial charge in [-0.3, -0.25) is 14.3 Å². The van der Waals surface area contributed by atoms with E-state index in [0.717, 1.165) is 35.9 Å². The van der Waals surface area contributed by atoms with Crippen LogP contribution in [0.1, 0.15) is 43.6 Å². The van der Waals surface area contributed by atoms with Crippen molar-refractivity contribution in [2.45, 2.75) is 44.3 Å². The van der Waals surface area contributed by atoms with Crippen LogP contribution in [-0.2, 0) is 4.79 Å². The SMILES string of the molecule is Cc1ccccc1NC(=O)CSc1nnc(C(C)N2CCCCC2)n1-c1ccc(F)cc1. The minimum absolute atomic E-state index is 0.0722. The van der Waals surface area contributed by atoms with E-state index < -0.39 is 0 Å². The van der Waals surface area contributed by atoms with Crippen LogP contribution in [-0.4, -0.2) is 44.4 Å². The van der Waals surface area contributed by atoms with Crippen LogP contribution >= 0.6 is 11.8 Å². The molecule has 0 aliphatic carbocycles. The number of halogens is 1. The highest BCUT2D eigenvalue weighted by Gasteiger charge is 2.25. The Kier molecular flexibility index (Phi) is 7.22. The molecule has 32 heavy (non-hydrogen) atoms. The van der Waals surface area contributed by atoms with E-state index >= 15 is 0 Å². The second kappa shape index (κ2) is 10.3. The first-order valence-electron chi connectivity index (χ1n) is 11.0. The van der Waals surface area contributed by atoms with Gasteiger partial charge in [-0.2, -0.15) is 0 Å². The molecule has 0 bridgehead atoms. The van der Waals surface area contributed by atoms with Crippen LogP contribution in [0.2, 0.25) is 0 Å². The molecular formula is C24H28FN5OS. The predicted octanol–water partition coefficient (Wildman–Crippen LogP) is 4.99. The van der Waals surface area contributed by atoms with Gasteiger partial charge in [0.05, 0.1) is 11.8 Å². The Bertz CT molecular complexity index is 1060. The van der Waals surface area contributed by atoms with Crippen LogP contribution in [0.3, 0.4) is 0 Å². The number of para-hydroxylation sites is 1. The number of carbonyl (C=O) groups is 1. The lowest BCUT2D eigenvalue weighted by Gasteiger charge is -2.31. The number of likely N-dealkylation sites (tertiary alicyclic amines) is 1.